The Kier molecular flexibility index (Phi) is 2.74. The fourth-order valence-electron chi connectivity index (χ4n) is 3.48. The zero-order valence-electron chi connectivity index (χ0n) is 10.9. The Hall–Kier alpha value is -0.830. The number of hydrogen-bond acceptors (Lipinski definition) is 2. The van der Waals surface area contributed by atoms with Crippen LogP contribution in [0.4, 0.5) is 0 Å². The SMILES string of the molecule is CC1(C)CCC[C@H]1N[C@H]1CCc2[nH]ncc2C1. The predicted octanol–water partition coefficient (Wildman–Crippen LogP) is 2.44. The number of fused-ring (bicyclic) bond motifs is 1. The summed E-state index contributed by atoms with van der Waals surface area (Å²) in [6, 6.07) is 1.36. The molecule has 1 aromatic rings. The molecule has 2 aliphatic carbocycles. The zero-order chi connectivity index (χ0) is 11.9. The molecule has 1 saturated carbocycles. The molecule has 0 saturated heterocycles. The summed E-state index contributed by atoms with van der Waals surface area (Å²) in [6.07, 6.45) is 9.66. The minimum atomic E-state index is 0.483. The third kappa shape index (κ3) is 2.13. The van der Waals surface area contributed by atoms with Crippen LogP contribution in [0.1, 0.15) is 50.8 Å². The van der Waals surface area contributed by atoms with E-state index in [1.54, 1.807) is 0 Å². The van der Waals surface area contributed by atoms with Crippen LogP contribution in [0.3, 0.4) is 0 Å². The Bertz CT molecular complexity index is 394. The minimum Gasteiger partial charge on any atom is -0.310 e. The number of aryl methyl sites for hydroxylation is 1. The van der Waals surface area contributed by atoms with E-state index in [1.165, 1.54) is 36.9 Å². The summed E-state index contributed by atoms with van der Waals surface area (Å²) in [4.78, 5) is 0. The van der Waals surface area contributed by atoms with E-state index < -0.39 is 0 Å². The van der Waals surface area contributed by atoms with Crippen molar-refractivity contribution in [1.82, 2.24) is 15.5 Å². The maximum atomic E-state index is 4.15. The molecule has 0 unspecified atom stereocenters. The minimum absolute atomic E-state index is 0.483. The molecule has 0 bridgehead atoms. The van der Waals surface area contributed by atoms with Gasteiger partial charge in [-0.05, 0) is 43.1 Å². The molecular weight excluding hydrogens is 210 g/mol. The molecule has 17 heavy (non-hydrogen) atoms. The first-order valence-corrected chi connectivity index (χ1v) is 6.92. The van der Waals surface area contributed by atoms with Crippen molar-refractivity contribution in [2.24, 2.45) is 5.41 Å². The summed E-state index contributed by atoms with van der Waals surface area (Å²) in [5, 5.41) is 11.2. The summed E-state index contributed by atoms with van der Waals surface area (Å²) < 4.78 is 0. The summed E-state index contributed by atoms with van der Waals surface area (Å²) >= 11 is 0. The molecule has 94 valence electrons. The highest BCUT2D eigenvalue weighted by atomic mass is 15.1. The third-order valence-electron chi connectivity index (χ3n) is 4.71. The van der Waals surface area contributed by atoms with Crippen molar-refractivity contribution in [3.05, 3.63) is 17.5 Å². The van der Waals surface area contributed by atoms with Gasteiger partial charge < -0.3 is 5.32 Å². The lowest BCUT2D eigenvalue weighted by molar-refractivity contribution is 0.252. The summed E-state index contributed by atoms with van der Waals surface area (Å²) in [5.74, 6) is 0. The van der Waals surface area contributed by atoms with Gasteiger partial charge in [0.1, 0.15) is 0 Å². The van der Waals surface area contributed by atoms with E-state index in [2.05, 4.69) is 29.4 Å². The lowest BCUT2D eigenvalue weighted by Gasteiger charge is -2.33. The Balaban J connectivity index is 1.64. The van der Waals surface area contributed by atoms with Crippen molar-refractivity contribution in [2.45, 2.75) is 64.5 Å². The first-order chi connectivity index (χ1) is 8.15. The standard InChI is InChI=1S/C14H23N3/c1-14(2)7-3-4-13(14)16-11-5-6-12-10(8-11)9-15-17-12/h9,11,13,16H,3-8H2,1-2H3,(H,15,17)/t11-,13+/m0/s1. The molecule has 0 spiro atoms. The number of rotatable bonds is 2. The van der Waals surface area contributed by atoms with E-state index in [0.717, 1.165) is 12.8 Å². The molecule has 3 nitrogen and oxygen atoms in total. The van der Waals surface area contributed by atoms with E-state index >= 15 is 0 Å². The molecule has 2 aliphatic rings. The molecule has 1 fully saturated rings. The number of H-pyrrole nitrogens is 1. The van der Waals surface area contributed by atoms with Gasteiger partial charge in [-0.15, -0.1) is 0 Å². The first-order valence-electron chi connectivity index (χ1n) is 6.92. The Morgan fingerprint density at radius 2 is 2.29 bits per heavy atom. The van der Waals surface area contributed by atoms with Crippen molar-refractivity contribution in [1.29, 1.82) is 0 Å². The fourth-order valence-corrected chi connectivity index (χ4v) is 3.48. The maximum Gasteiger partial charge on any atom is 0.0522 e. The van der Waals surface area contributed by atoms with Crippen LogP contribution in [0.25, 0.3) is 0 Å². The van der Waals surface area contributed by atoms with Crippen LogP contribution in [0.5, 0.6) is 0 Å². The van der Waals surface area contributed by atoms with Gasteiger partial charge in [0.15, 0.2) is 0 Å². The quantitative estimate of drug-likeness (QED) is 0.823. The average Bonchev–Trinajstić information content (AvgIpc) is 2.85. The number of aromatic amines is 1. The van der Waals surface area contributed by atoms with Gasteiger partial charge in [0.2, 0.25) is 0 Å². The van der Waals surface area contributed by atoms with Crippen LogP contribution in [0.2, 0.25) is 0 Å². The highest BCUT2D eigenvalue weighted by molar-refractivity contribution is 5.21. The van der Waals surface area contributed by atoms with Crippen molar-refractivity contribution >= 4 is 0 Å². The predicted molar refractivity (Wildman–Crippen MR) is 69.0 cm³/mol. The van der Waals surface area contributed by atoms with Crippen molar-refractivity contribution < 1.29 is 0 Å². The fraction of sp³-hybridized carbons (Fsp3) is 0.786. The highest BCUT2D eigenvalue weighted by Gasteiger charge is 2.36. The van der Waals surface area contributed by atoms with Gasteiger partial charge in [0, 0.05) is 17.8 Å². The molecular formula is C14H23N3. The third-order valence-corrected chi connectivity index (χ3v) is 4.71. The Morgan fingerprint density at radius 1 is 1.41 bits per heavy atom. The van der Waals surface area contributed by atoms with Gasteiger partial charge in [0.05, 0.1) is 6.20 Å². The van der Waals surface area contributed by atoms with Gasteiger partial charge in [-0.2, -0.15) is 5.10 Å². The molecule has 0 amide bonds. The molecule has 2 N–H and O–H groups in total. The Morgan fingerprint density at radius 3 is 3.06 bits per heavy atom. The molecule has 3 heteroatoms. The van der Waals surface area contributed by atoms with E-state index in [-0.39, 0.29) is 0 Å². The van der Waals surface area contributed by atoms with Crippen LogP contribution in [0, 0.1) is 5.41 Å². The zero-order valence-corrected chi connectivity index (χ0v) is 10.9. The number of nitrogens with zero attached hydrogens (tertiary/aromatic N) is 1. The smallest absolute Gasteiger partial charge is 0.0522 e. The molecule has 2 atom stereocenters. The summed E-state index contributed by atoms with van der Waals surface area (Å²) in [7, 11) is 0. The number of hydrogen-bond donors (Lipinski definition) is 2. The maximum absolute atomic E-state index is 4.15. The second-order valence-electron chi connectivity index (χ2n) is 6.41. The van der Waals surface area contributed by atoms with Gasteiger partial charge in [-0.1, -0.05) is 20.3 Å². The molecule has 1 aromatic heterocycles. The van der Waals surface area contributed by atoms with Gasteiger partial charge in [-0.25, -0.2) is 0 Å². The van der Waals surface area contributed by atoms with E-state index in [0.29, 0.717) is 17.5 Å². The molecule has 0 aliphatic heterocycles. The normalized spacial score (nSPS) is 31.4. The second kappa shape index (κ2) is 4.13. The van der Waals surface area contributed by atoms with E-state index in [1.807, 2.05) is 6.20 Å². The summed E-state index contributed by atoms with van der Waals surface area (Å²) in [5.41, 5.74) is 3.26. The number of aromatic nitrogens is 2. The van der Waals surface area contributed by atoms with Crippen LogP contribution >= 0.6 is 0 Å². The monoisotopic (exact) mass is 233 g/mol. The lowest BCUT2D eigenvalue weighted by atomic mass is 9.85. The van der Waals surface area contributed by atoms with Crippen molar-refractivity contribution in [3.8, 4) is 0 Å². The van der Waals surface area contributed by atoms with Crippen LogP contribution in [0.15, 0.2) is 6.20 Å². The molecule has 0 radical (unpaired) electrons. The van der Waals surface area contributed by atoms with E-state index in [9.17, 15) is 0 Å². The van der Waals surface area contributed by atoms with Gasteiger partial charge in [-0.3, -0.25) is 5.10 Å². The van der Waals surface area contributed by atoms with E-state index in [4.69, 9.17) is 0 Å². The topological polar surface area (TPSA) is 40.7 Å². The van der Waals surface area contributed by atoms with Crippen molar-refractivity contribution in [2.75, 3.05) is 0 Å². The van der Waals surface area contributed by atoms with Gasteiger partial charge in [0.25, 0.3) is 0 Å². The van der Waals surface area contributed by atoms with Crippen LogP contribution in [-0.2, 0) is 12.8 Å². The molecule has 0 aromatic carbocycles. The largest absolute Gasteiger partial charge is 0.310 e. The Labute approximate surface area is 103 Å². The van der Waals surface area contributed by atoms with Crippen molar-refractivity contribution in [3.63, 3.8) is 0 Å². The average molecular weight is 233 g/mol. The highest BCUT2D eigenvalue weighted by Crippen LogP contribution is 2.38. The van der Waals surface area contributed by atoms with Gasteiger partial charge >= 0.3 is 0 Å². The van der Waals surface area contributed by atoms with Crippen LogP contribution in [-0.4, -0.2) is 22.3 Å². The lowest BCUT2D eigenvalue weighted by Crippen LogP contribution is -2.46. The molecule has 1 heterocycles. The van der Waals surface area contributed by atoms with Crippen LogP contribution < -0.4 is 5.32 Å². The molecule has 3 rings (SSSR count). The first kappa shape index (κ1) is 11.3. The summed E-state index contributed by atoms with van der Waals surface area (Å²) in [6.45, 7) is 4.81. The number of nitrogens with one attached hydrogen (secondary N) is 2. The second-order valence-corrected chi connectivity index (χ2v) is 6.41.